The number of nitrogens with one attached hydrogen (secondary N) is 2. The summed E-state index contributed by atoms with van der Waals surface area (Å²) in [5.41, 5.74) is 1.27. The van der Waals surface area contributed by atoms with Gasteiger partial charge in [-0.2, -0.15) is 0 Å². The first-order valence-electron chi connectivity index (χ1n) is 7.71. The minimum Gasteiger partial charge on any atom is -0.472 e. The Bertz CT molecular complexity index is 311. The zero-order chi connectivity index (χ0) is 14.1. The first-order valence-corrected chi connectivity index (χ1v) is 7.71. The van der Waals surface area contributed by atoms with Gasteiger partial charge < -0.3 is 15.1 Å². The van der Waals surface area contributed by atoms with Crippen LogP contribution in [0, 0.1) is 5.92 Å². The van der Waals surface area contributed by atoms with E-state index in [1.807, 2.05) is 6.26 Å². The van der Waals surface area contributed by atoms with Crippen molar-refractivity contribution in [3.63, 3.8) is 0 Å². The van der Waals surface area contributed by atoms with Gasteiger partial charge in [0.25, 0.3) is 0 Å². The van der Waals surface area contributed by atoms with Crippen LogP contribution in [-0.4, -0.2) is 19.1 Å². The van der Waals surface area contributed by atoms with Gasteiger partial charge in [0.1, 0.15) is 0 Å². The van der Waals surface area contributed by atoms with Gasteiger partial charge in [0.2, 0.25) is 0 Å². The van der Waals surface area contributed by atoms with E-state index < -0.39 is 0 Å². The molecule has 0 aromatic carbocycles. The molecule has 19 heavy (non-hydrogen) atoms. The Balaban J connectivity index is 2.60. The Kier molecular flexibility index (Phi) is 7.84. The van der Waals surface area contributed by atoms with Crippen LogP contribution in [0.2, 0.25) is 0 Å². The van der Waals surface area contributed by atoms with Crippen molar-refractivity contribution in [1.29, 1.82) is 0 Å². The Morgan fingerprint density at radius 1 is 1.21 bits per heavy atom. The van der Waals surface area contributed by atoms with Crippen molar-refractivity contribution in [2.75, 3.05) is 13.1 Å². The molecule has 3 unspecified atom stereocenters. The standard InChI is InChI=1S/C16H30N2O/c1-5-9-18-16(14-8-10-19-12-14)11-13(4)15(6-2)17-7-3/h8,10,12-13,15-18H,5-7,9,11H2,1-4H3. The second-order valence-corrected chi connectivity index (χ2v) is 5.35. The third-order valence-corrected chi connectivity index (χ3v) is 3.79. The van der Waals surface area contributed by atoms with Crippen molar-refractivity contribution in [1.82, 2.24) is 10.6 Å². The second kappa shape index (κ2) is 9.16. The quantitative estimate of drug-likeness (QED) is 0.677. The van der Waals surface area contributed by atoms with Gasteiger partial charge in [0, 0.05) is 17.6 Å². The minimum absolute atomic E-state index is 0.404. The zero-order valence-electron chi connectivity index (χ0n) is 12.9. The lowest BCUT2D eigenvalue weighted by Crippen LogP contribution is -2.36. The van der Waals surface area contributed by atoms with Crippen molar-refractivity contribution < 1.29 is 4.42 Å². The summed E-state index contributed by atoms with van der Waals surface area (Å²) in [7, 11) is 0. The number of furan rings is 1. The van der Waals surface area contributed by atoms with E-state index >= 15 is 0 Å². The highest BCUT2D eigenvalue weighted by Gasteiger charge is 2.20. The summed E-state index contributed by atoms with van der Waals surface area (Å²) in [5.74, 6) is 0.647. The summed E-state index contributed by atoms with van der Waals surface area (Å²) in [6.45, 7) is 11.1. The van der Waals surface area contributed by atoms with Gasteiger partial charge in [0.15, 0.2) is 0 Å². The maximum atomic E-state index is 5.24. The molecule has 0 fully saturated rings. The highest BCUT2D eigenvalue weighted by molar-refractivity contribution is 5.11. The Hall–Kier alpha value is -0.800. The van der Waals surface area contributed by atoms with Crippen LogP contribution in [0.3, 0.4) is 0 Å². The van der Waals surface area contributed by atoms with E-state index in [1.54, 1.807) is 6.26 Å². The van der Waals surface area contributed by atoms with Crippen LogP contribution < -0.4 is 10.6 Å². The molecular weight excluding hydrogens is 236 g/mol. The van der Waals surface area contributed by atoms with Gasteiger partial charge in [0.05, 0.1) is 12.5 Å². The van der Waals surface area contributed by atoms with Crippen molar-refractivity contribution in [2.45, 2.75) is 59.0 Å². The van der Waals surface area contributed by atoms with Gasteiger partial charge in [-0.05, 0) is 44.3 Å². The molecular formula is C16H30N2O. The third kappa shape index (κ3) is 5.37. The van der Waals surface area contributed by atoms with Crippen LogP contribution in [0.4, 0.5) is 0 Å². The highest BCUT2D eigenvalue weighted by Crippen LogP contribution is 2.24. The van der Waals surface area contributed by atoms with Crippen LogP contribution in [0.5, 0.6) is 0 Å². The maximum absolute atomic E-state index is 5.24. The van der Waals surface area contributed by atoms with E-state index in [0.717, 1.165) is 25.9 Å². The van der Waals surface area contributed by atoms with Gasteiger partial charge in [-0.25, -0.2) is 0 Å². The molecule has 0 aliphatic rings. The number of hydrogen-bond donors (Lipinski definition) is 2. The van der Waals surface area contributed by atoms with Crippen molar-refractivity contribution in [2.24, 2.45) is 5.92 Å². The first kappa shape index (κ1) is 16.3. The highest BCUT2D eigenvalue weighted by atomic mass is 16.3. The molecule has 0 aliphatic carbocycles. The van der Waals surface area contributed by atoms with Gasteiger partial charge >= 0.3 is 0 Å². The summed E-state index contributed by atoms with van der Waals surface area (Å²) in [6, 6.07) is 3.08. The molecule has 2 N–H and O–H groups in total. The van der Waals surface area contributed by atoms with E-state index in [0.29, 0.717) is 18.0 Å². The Morgan fingerprint density at radius 2 is 2.00 bits per heavy atom. The third-order valence-electron chi connectivity index (χ3n) is 3.79. The predicted octanol–water partition coefficient (Wildman–Crippen LogP) is 3.73. The topological polar surface area (TPSA) is 37.2 Å². The van der Waals surface area contributed by atoms with Gasteiger partial charge in [-0.1, -0.05) is 27.7 Å². The fourth-order valence-electron chi connectivity index (χ4n) is 2.68. The molecule has 1 aromatic rings. The van der Waals surface area contributed by atoms with Crippen LogP contribution in [0.25, 0.3) is 0 Å². The lowest BCUT2D eigenvalue weighted by molar-refractivity contribution is 0.313. The molecule has 0 radical (unpaired) electrons. The van der Waals surface area contributed by atoms with E-state index in [4.69, 9.17) is 4.42 Å². The first-order chi connectivity index (χ1) is 9.22. The molecule has 110 valence electrons. The second-order valence-electron chi connectivity index (χ2n) is 5.35. The fraction of sp³-hybridized carbons (Fsp3) is 0.750. The fourth-order valence-corrected chi connectivity index (χ4v) is 2.68. The molecule has 0 amide bonds. The molecule has 0 bridgehead atoms. The molecule has 1 rings (SSSR count). The van der Waals surface area contributed by atoms with Crippen molar-refractivity contribution >= 4 is 0 Å². The molecule has 1 heterocycles. The normalized spacial score (nSPS) is 16.2. The van der Waals surface area contributed by atoms with E-state index in [-0.39, 0.29) is 0 Å². The summed E-state index contributed by atoms with van der Waals surface area (Å²) in [6.07, 6.45) is 7.12. The summed E-state index contributed by atoms with van der Waals surface area (Å²) in [5, 5.41) is 7.22. The average Bonchev–Trinajstić information content (AvgIpc) is 2.94. The molecule has 3 heteroatoms. The molecule has 1 aromatic heterocycles. The number of hydrogen-bond acceptors (Lipinski definition) is 3. The van der Waals surface area contributed by atoms with Crippen LogP contribution in [0.1, 0.15) is 58.6 Å². The van der Waals surface area contributed by atoms with Crippen molar-refractivity contribution in [3.8, 4) is 0 Å². The summed E-state index contributed by atoms with van der Waals surface area (Å²) in [4.78, 5) is 0. The molecule has 0 aliphatic heterocycles. The summed E-state index contributed by atoms with van der Waals surface area (Å²) >= 11 is 0. The molecule has 0 saturated carbocycles. The largest absolute Gasteiger partial charge is 0.472 e. The average molecular weight is 266 g/mol. The van der Waals surface area contributed by atoms with Gasteiger partial charge in [-0.15, -0.1) is 0 Å². The molecule has 3 atom stereocenters. The smallest absolute Gasteiger partial charge is 0.0950 e. The van der Waals surface area contributed by atoms with Crippen molar-refractivity contribution in [3.05, 3.63) is 24.2 Å². The van der Waals surface area contributed by atoms with E-state index in [2.05, 4.69) is 44.4 Å². The lowest BCUT2D eigenvalue weighted by atomic mass is 9.90. The Labute approximate surface area is 118 Å². The SMILES string of the molecule is CCCNC(CC(C)C(CC)NCC)c1ccoc1. The van der Waals surface area contributed by atoms with Crippen LogP contribution in [-0.2, 0) is 0 Å². The van der Waals surface area contributed by atoms with Gasteiger partial charge in [-0.3, -0.25) is 0 Å². The van der Waals surface area contributed by atoms with Crippen LogP contribution >= 0.6 is 0 Å². The molecule has 3 nitrogen and oxygen atoms in total. The van der Waals surface area contributed by atoms with E-state index in [9.17, 15) is 0 Å². The molecule has 0 spiro atoms. The molecule has 0 saturated heterocycles. The summed E-state index contributed by atoms with van der Waals surface area (Å²) < 4.78 is 5.24. The zero-order valence-corrected chi connectivity index (χ0v) is 12.9. The van der Waals surface area contributed by atoms with E-state index in [1.165, 1.54) is 12.0 Å². The number of rotatable bonds is 10. The predicted molar refractivity (Wildman–Crippen MR) is 81.3 cm³/mol. The lowest BCUT2D eigenvalue weighted by Gasteiger charge is -2.28. The monoisotopic (exact) mass is 266 g/mol. The maximum Gasteiger partial charge on any atom is 0.0950 e. The minimum atomic E-state index is 0.404. The van der Waals surface area contributed by atoms with Crippen LogP contribution in [0.15, 0.2) is 23.0 Å². The Morgan fingerprint density at radius 3 is 2.53 bits per heavy atom.